The van der Waals surface area contributed by atoms with E-state index in [4.69, 9.17) is 0 Å². The molecule has 162 valence electrons. The molecule has 8 heteroatoms. The number of aromatic nitrogens is 3. The van der Waals surface area contributed by atoms with E-state index in [-0.39, 0.29) is 29.5 Å². The summed E-state index contributed by atoms with van der Waals surface area (Å²) in [6.45, 7) is 6.02. The van der Waals surface area contributed by atoms with Gasteiger partial charge in [0.05, 0.1) is 11.8 Å². The van der Waals surface area contributed by atoms with Crippen molar-refractivity contribution >= 4 is 29.3 Å². The fourth-order valence-corrected chi connectivity index (χ4v) is 3.83. The lowest BCUT2D eigenvalue weighted by Gasteiger charge is -2.21. The highest BCUT2D eigenvalue weighted by molar-refractivity contribution is 7.99. The van der Waals surface area contributed by atoms with E-state index in [9.17, 15) is 9.59 Å². The van der Waals surface area contributed by atoms with Crippen LogP contribution in [0.3, 0.4) is 0 Å². The quantitative estimate of drug-likeness (QED) is 0.521. The summed E-state index contributed by atoms with van der Waals surface area (Å²) in [7, 11) is 1.85. The van der Waals surface area contributed by atoms with E-state index >= 15 is 0 Å². The summed E-state index contributed by atoms with van der Waals surface area (Å²) in [6, 6.07) is 16.4. The molecule has 0 bridgehead atoms. The van der Waals surface area contributed by atoms with Crippen molar-refractivity contribution in [2.45, 2.75) is 32.0 Å². The number of hydrogen-bond acceptors (Lipinski definition) is 5. The van der Waals surface area contributed by atoms with E-state index in [2.05, 4.69) is 20.8 Å². The van der Waals surface area contributed by atoms with Crippen LogP contribution in [-0.2, 0) is 11.8 Å². The van der Waals surface area contributed by atoms with Crippen LogP contribution in [-0.4, -0.2) is 32.3 Å². The van der Waals surface area contributed by atoms with Gasteiger partial charge in [0.2, 0.25) is 5.91 Å². The molecule has 1 heterocycles. The van der Waals surface area contributed by atoms with Gasteiger partial charge in [-0.25, -0.2) is 0 Å². The maximum atomic E-state index is 12.6. The number of nitrogens with one attached hydrogen (secondary N) is 2. The van der Waals surface area contributed by atoms with Crippen molar-refractivity contribution in [3.8, 4) is 0 Å². The van der Waals surface area contributed by atoms with E-state index in [0.717, 1.165) is 11.3 Å². The van der Waals surface area contributed by atoms with Gasteiger partial charge in [0.25, 0.3) is 5.91 Å². The first-order valence-electron chi connectivity index (χ1n) is 10.1. The highest BCUT2D eigenvalue weighted by atomic mass is 32.2. The minimum Gasteiger partial charge on any atom is -0.342 e. The summed E-state index contributed by atoms with van der Waals surface area (Å²) in [5, 5.41) is 15.1. The Morgan fingerprint density at radius 2 is 1.81 bits per heavy atom. The molecular weight excluding hydrogens is 410 g/mol. The first-order valence-corrected chi connectivity index (χ1v) is 11.1. The van der Waals surface area contributed by atoms with Gasteiger partial charge in [0.1, 0.15) is 0 Å². The molecule has 0 aliphatic rings. The predicted molar refractivity (Wildman–Crippen MR) is 123 cm³/mol. The van der Waals surface area contributed by atoms with Crippen molar-refractivity contribution in [2.24, 2.45) is 13.0 Å². The Hall–Kier alpha value is -3.13. The monoisotopic (exact) mass is 437 g/mol. The summed E-state index contributed by atoms with van der Waals surface area (Å²) >= 11 is 1.31. The largest absolute Gasteiger partial charge is 0.342 e. The van der Waals surface area contributed by atoms with E-state index in [1.165, 1.54) is 11.8 Å². The van der Waals surface area contributed by atoms with Gasteiger partial charge < -0.3 is 15.2 Å². The number of thioether (sulfide) groups is 1. The zero-order valence-electron chi connectivity index (χ0n) is 18.1. The molecule has 0 fully saturated rings. The number of nitrogens with zero attached hydrogens (tertiary/aromatic N) is 3. The first-order chi connectivity index (χ1) is 14.8. The van der Waals surface area contributed by atoms with Crippen LogP contribution in [0.1, 0.15) is 41.6 Å². The van der Waals surface area contributed by atoms with Crippen LogP contribution in [0.5, 0.6) is 0 Å². The van der Waals surface area contributed by atoms with Gasteiger partial charge in [-0.15, -0.1) is 10.2 Å². The second-order valence-corrected chi connectivity index (χ2v) is 8.61. The summed E-state index contributed by atoms with van der Waals surface area (Å²) in [6.07, 6.45) is 0. The van der Waals surface area contributed by atoms with Crippen molar-refractivity contribution in [3.63, 3.8) is 0 Å². The summed E-state index contributed by atoms with van der Waals surface area (Å²) in [4.78, 5) is 25.0. The third-order valence-corrected chi connectivity index (χ3v) is 5.79. The van der Waals surface area contributed by atoms with E-state index in [0.29, 0.717) is 16.5 Å². The van der Waals surface area contributed by atoms with E-state index in [1.54, 1.807) is 12.1 Å². The zero-order valence-corrected chi connectivity index (χ0v) is 18.9. The lowest BCUT2D eigenvalue weighted by Crippen LogP contribution is -2.33. The Kier molecular flexibility index (Phi) is 7.46. The van der Waals surface area contributed by atoms with E-state index < -0.39 is 0 Å². The number of anilines is 1. The van der Waals surface area contributed by atoms with Crippen LogP contribution in [0.4, 0.5) is 5.69 Å². The SMILES string of the molecule is Cc1cccc(NC(=O)CSc2nnc([C@H](NC(=O)c3ccccc3)C(C)C)n2C)c1. The van der Waals surface area contributed by atoms with Gasteiger partial charge in [0.15, 0.2) is 11.0 Å². The maximum Gasteiger partial charge on any atom is 0.251 e. The molecule has 31 heavy (non-hydrogen) atoms. The Balaban J connectivity index is 1.65. The molecular formula is C23H27N5O2S. The van der Waals surface area contributed by atoms with Crippen LogP contribution in [0, 0.1) is 12.8 Å². The van der Waals surface area contributed by atoms with Gasteiger partial charge in [-0.05, 0) is 42.7 Å². The topological polar surface area (TPSA) is 88.9 Å². The highest BCUT2D eigenvalue weighted by Gasteiger charge is 2.25. The van der Waals surface area contributed by atoms with Crippen LogP contribution >= 0.6 is 11.8 Å². The molecule has 0 saturated carbocycles. The average Bonchev–Trinajstić information content (AvgIpc) is 3.10. The normalized spacial score (nSPS) is 11.9. The molecule has 0 radical (unpaired) electrons. The van der Waals surface area contributed by atoms with E-state index in [1.807, 2.05) is 74.9 Å². The summed E-state index contributed by atoms with van der Waals surface area (Å²) in [5.41, 5.74) is 2.45. The third-order valence-electron chi connectivity index (χ3n) is 4.77. The number of benzene rings is 2. The molecule has 0 spiro atoms. The molecule has 0 unspecified atom stereocenters. The molecule has 3 aromatic rings. The Bertz CT molecular complexity index is 1050. The minimum atomic E-state index is -0.305. The third kappa shape index (κ3) is 5.95. The second kappa shape index (κ2) is 10.3. The Morgan fingerprint density at radius 1 is 1.06 bits per heavy atom. The second-order valence-electron chi connectivity index (χ2n) is 7.67. The fourth-order valence-electron chi connectivity index (χ4n) is 3.12. The van der Waals surface area contributed by atoms with Gasteiger partial charge in [0, 0.05) is 18.3 Å². The number of aryl methyl sites for hydroxylation is 1. The average molecular weight is 438 g/mol. The fraction of sp³-hybridized carbons (Fsp3) is 0.304. The Labute approximate surface area is 186 Å². The number of amides is 2. The number of carbonyl (C=O) groups excluding carboxylic acids is 2. The smallest absolute Gasteiger partial charge is 0.251 e. The van der Waals surface area contributed by atoms with Crippen molar-refractivity contribution in [2.75, 3.05) is 11.1 Å². The van der Waals surface area contributed by atoms with Crippen LogP contribution in [0.2, 0.25) is 0 Å². The predicted octanol–water partition coefficient (Wildman–Crippen LogP) is 3.98. The Morgan fingerprint density at radius 3 is 2.48 bits per heavy atom. The molecule has 0 aliphatic carbocycles. The van der Waals surface area contributed by atoms with Crippen LogP contribution < -0.4 is 10.6 Å². The lowest BCUT2D eigenvalue weighted by molar-refractivity contribution is -0.113. The zero-order chi connectivity index (χ0) is 22.4. The van der Waals surface area contributed by atoms with Crippen molar-refractivity contribution < 1.29 is 9.59 Å². The van der Waals surface area contributed by atoms with Crippen LogP contribution in [0.25, 0.3) is 0 Å². The van der Waals surface area contributed by atoms with Crippen LogP contribution in [0.15, 0.2) is 59.8 Å². The molecule has 2 aromatic carbocycles. The molecule has 2 N–H and O–H groups in total. The van der Waals surface area contributed by atoms with Gasteiger partial charge in [-0.2, -0.15) is 0 Å². The molecule has 7 nitrogen and oxygen atoms in total. The highest BCUT2D eigenvalue weighted by Crippen LogP contribution is 2.24. The molecule has 0 saturated heterocycles. The summed E-state index contributed by atoms with van der Waals surface area (Å²) < 4.78 is 1.83. The molecule has 1 atom stereocenters. The number of hydrogen-bond donors (Lipinski definition) is 2. The van der Waals surface area contributed by atoms with Crippen molar-refractivity contribution in [3.05, 3.63) is 71.5 Å². The molecule has 2 amide bonds. The number of carbonyl (C=O) groups is 2. The number of rotatable bonds is 8. The molecule has 3 rings (SSSR count). The van der Waals surface area contributed by atoms with Crippen molar-refractivity contribution in [1.29, 1.82) is 0 Å². The molecule has 0 aliphatic heterocycles. The van der Waals surface area contributed by atoms with Gasteiger partial charge in [-0.1, -0.05) is 55.9 Å². The lowest BCUT2D eigenvalue weighted by atomic mass is 10.0. The minimum absolute atomic E-state index is 0.109. The van der Waals surface area contributed by atoms with Gasteiger partial charge in [-0.3, -0.25) is 9.59 Å². The van der Waals surface area contributed by atoms with Crippen molar-refractivity contribution in [1.82, 2.24) is 20.1 Å². The first kappa shape index (κ1) is 22.6. The standard InChI is InChI=1S/C23H27N5O2S/c1-15(2)20(25-22(30)17-10-6-5-7-11-17)21-26-27-23(28(21)4)31-14-19(29)24-18-12-8-9-16(3)13-18/h5-13,15,20H,14H2,1-4H3,(H,24,29)(H,25,30)/t20-/m1/s1. The summed E-state index contributed by atoms with van der Waals surface area (Å²) in [5.74, 6) is 0.703. The maximum absolute atomic E-state index is 12.6. The van der Waals surface area contributed by atoms with Gasteiger partial charge >= 0.3 is 0 Å². The molecule has 1 aromatic heterocycles.